The number of thiophene rings is 1. The molecule has 130 valence electrons. The number of hydrogen-bond acceptors (Lipinski definition) is 4. The first-order valence-electron chi connectivity index (χ1n) is 8.77. The number of piperidine rings is 1. The van der Waals surface area contributed by atoms with Crippen LogP contribution in [-0.4, -0.2) is 31.7 Å². The number of hydrogen-bond donors (Lipinski definition) is 0. The predicted octanol–water partition coefficient (Wildman–Crippen LogP) is 3.70. The summed E-state index contributed by atoms with van der Waals surface area (Å²) < 4.78 is 1.98. The standard InChI is InChI=1S/C19H22N4OS/c1-13-11-16(21-19-20-8-10-22(13)19)17-5-3-4-9-23(17)18(24)12-15-7-6-14(2)25-15/h6-8,10-11,17H,3-5,9,12H2,1-2H3/t17-/m1/s1. The summed E-state index contributed by atoms with van der Waals surface area (Å²) in [5, 5.41) is 0. The summed E-state index contributed by atoms with van der Waals surface area (Å²) in [6, 6.07) is 6.30. The van der Waals surface area contributed by atoms with Crippen LogP contribution in [0.4, 0.5) is 0 Å². The van der Waals surface area contributed by atoms with Crippen LogP contribution in [0.2, 0.25) is 0 Å². The van der Waals surface area contributed by atoms with E-state index in [1.54, 1.807) is 17.5 Å². The summed E-state index contributed by atoms with van der Waals surface area (Å²) in [6.45, 7) is 4.95. The molecule has 0 unspecified atom stereocenters. The maximum absolute atomic E-state index is 12.9. The molecule has 25 heavy (non-hydrogen) atoms. The van der Waals surface area contributed by atoms with Crippen molar-refractivity contribution in [3.05, 3.63) is 51.7 Å². The molecule has 5 nitrogen and oxygen atoms in total. The summed E-state index contributed by atoms with van der Waals surface area (Å²) in [4.78, 5) is 26.4. The molecule has 0 radical (unpaired) electrons. The van der Waals surface area contributed by atoms with Gasteiger partial charge < -0.3 is 4.90 Å². The first-order valence-corrected chi connectivity index (χ1v) is 9.59. The highest BCUT2D eigenvalue weighted by molar-refractivity contribution is 7.12. The molecule has 4 heterocycles. The highest BCUT2D eigenvalue weighted by Crippen LogP contribution is 2.31. The van der Waals surface area contributed by atoms with Crippen LogP contribution >= 0.6 is 11.3 Å². The number of likely N-dealkylation sites (tertiary alicyclic amines) is 1. The minimum absolute atomic E-state index is 0.0581. The van der Waals surface area contributed by atoms with E-state index in [0.29, 0.717) is 12.2 Å². The van der Waals surface area contributed by atoms with Gasteiger partial charge in [-0.2, -0.15) is 0 Å². The number of aromatic nitrogens is 3. The highest BCUT2D eigenvalue weighted by Gasteiger charge is 2.29. The molecule has 0 aromatic carbocycles. The molecule has 1 aliphatic rings. The van der Waals surface area contributed by atoms with E-state index in [0.717, 1.165) is 42.1 Å². The Hall–Kier alpha value is -2.21. The molecule has 0 bridgehead atoms. The smallest absolute Gasteiger partial charge is 0.234 e. The average Bonchev–Trinajstić information content (AvgIpc) is 3.24. The molecule has 1 atom stereocenters. The zero-order valence-electron chi connectivity index (χ0n) is 14.6. The Morgan fingerprint density at radius 1 is 1.32 bits per heavy atom. The molecule has 1 saturated heterocycles. The maximum Gasteiger partial charge on any atom is 0.234 e. The number of amides is 1. The highest BCUT2D eigenvalue weighted by atomic mass is 32.1. The number of aryl methyl sites for hydroxylation is 2. The number of carbonyl (C=O) groups is 1. The molecule has 1 fully saturated rings. The lowest BCUT2D eigenvalue weighted by molar-refractivity contribution is -0.134. The lowest BCUT2D eigenvalue weighted by atomic mass is 9.98. The van der Waals surface area contributed by atoms with Crippen LogP contribution in [-0.2, 0) is 11.2 Å². The molecular weight excluding hydrogens is 332 g/mol. The van der Waals surface area contributed by atoms with Crippen LogP contribution in [0.1, 0.15) is 46.4 Å². The summed E-state index contributed by atoms with van der Waals surface area (Å²) in [5.74, 6) is 0.913. The van der Waals surface area contributed by atoms with Crippen molar-refractivity contribution < 1.29 is 4.79 Å². The van der Waals surface area contributed by atoms with Crippen molar-refractivity contribution >= 4 is 23.0 Å². The van der Waals surface area contributed by atoms with E-state index in [9.17, 15) is 4.79 Å². The van der Waals surface area contributed by atoms with Crippen LogP contribution in [0.25, 0.3) is 5.78 Å². The van der Waals surface area contributed by atoms with Gasteiger partial charge in [-0.1, -0.05) is 0 Å². The number of fused-ring (bicyclic) bond motifs is 1. The maximum atomic E-state index is 12.9. The minimum Gasteiger partial charge on any atom is -0.334 e. The molecule has 6 heteroatoms. The fourth-order valence-corrected chi connectivity index (χ4v) is 4.51. The number of carbonyl (C=O) groups excluding carboxylic acids is 1. The van der Waals surface area contributed by atoms with Gasteiger partial charge in [-0.05, 0) is 51.3 Å². The van der Waals surface area contributed by atoms with Gasteiger partial charge in [-0.3, -0.25) is 9.20 Å². The fourth-order valence-electron chi connectivity index (χ4n) is 3.62. The predicted molar refractivity (Wildman–Crippen MR) is 98.8 cm³/mol. The third kappa shape index (κ3) is 3.18. The van der Waals surface area contributed by atoms with E-state index in [1.165, 1.54) is 4.88 Å². The SMILES string of the molecule is Cc1ccc(CC(=O)N2CCCC[C@@H]2c2cc(C)n3ccnc3n2)s1. The van der Waals surface area contributed by atoms with Gasteiger partial charge in [0.2, 0.25) is 11.7 Å². The minimum atomic E-state index is 0.0581. The lowest BCUT2D eigenvalue weighted by Crippen LogP contribution is -2.39. The van der Waals surface area contributed by atoms with Gasteiger partial charge in [0.25, 0.3) is 0 Å². The normalized spacial score (nSPS) is 18.0. The van der Waals surface area contributed by atoms with Gasteiger partial charge in [0.15, 0.2) is 0 Å². The van der Waals surface area contributed by atoms with Gasteiger partial charge >= 0.3 is 0 Å². The van der Waals surface area contributed by atoms with Crippen LogP contribution in [0, 0.1) is 13.8 Å². The van der Waals surface area contributed by atoms with Crippen LogP contribution in [0.15, 0.2) is 30.6 Å². The topological polar surface area (TPSA) is 50.5 Å². The fraction of sp³-hybridized carbons (Fsp3) is 0.421. The van der Waals surface area contributed by atoms with Crippen molar-refractivity contribution in [1.82, 2.24) is 19.3 Å². The average molecular weight is 354 g/mol. The second kappa shape index (κ2) is 6.59. The van der Waals surface area contributed by atoms with E-state index >= 15 is 0 Å². The second-order valence-electron chi connectivity index (χ2n) is 6.71. The van der Waals surface area contributed by atoms with E-state index in [-0.39, 0.29) is 11.9 Å². The molecule has 0 saturated carbocycles. The van der Waals surface area contributed by atoms with Crippen LogP contribution < -0.4 is 0 Å². The van der Waals surface area contributed by atoms with Crippen molar-refractivity contribution in [3.63, 3.8) is 0 Å². The van der Waals surface area contributed by atoms with Gasteiger partial charge in [-0.15, -0.1) is 11.3 Å². The van der Waals surface area contributed by atoms with Gasteiger partial charge in [-0.25, -0.2) is 9.97 Å². The van der Waals surface area contributed by atoms with Gasteiger partial charge in [0.05, 0.1) is 18.2 Å². The zero-order valence-corrected chi connectivity index (χ0v) is 15.4. The zero-order chi connectivity index (χ0) is 17.4. The Bertz CT molecular complexity index is 913. The van der Waals surface area contributed by atoms with E-state index in [1.807, 2.05) is 15.5 Å². The van der Waals surface area contributed by atoms with Crippen LogP contribution in [0.5, 0.6) is 0 Å². The molecule has 0 N–H and O–H groups in total. The molecule has 3 aromatic heterocycles. The summed E-state index contributed by atoms with van der Waals surface area (Å²) >= 11 is 1.71. The summed E-state index contributed by atoms with van der Waals surface area (Å²) in [6.07, 6.45) is 7.34. The van der Waals surface area contributed by atoms with Crippen molar-refractivity contribution in [2.45, 2.75) is 45.6 Å². The number of rotatable bonds is 3. The Morgan fingerprint density at radius 2 is 2.20 bits per heavy atom. The monoisotopic (exact) mass is 354 g/mol. The molecule has 1 aliphatic heterocycles. The Morgan fingerprint density at radius 3 is 3.00 bits per heavy atom. The first kappa shape index (κ1) is 16.3. The third-order valence-electron chi connectivity index (χ3n) is 4.87. The second-order valence-corrected chi connectivity index (χ2v) is 8.08. The van der Waals surface area contributed by atoms with Crippen molar-refractivity contribution in [2.75, 3.05) is 6.54 Å². The largest absolute Gasteiger partial charge is 0.334 e. The van der Waals surface area contributed by atoms with Crippen molar-refractivity contribution in [1.29, 1.82) is 0 Å². The summed E-state index contributed by atoms with van der Waals surface area (Å²) in [5.41, 5.74) is 2.07. The molecule has 1 amide bonds. The van der Waals surface area contributed by atoms with Crippen molar-refractivity contribution in [2.24, 2.45) is 0 Å². The Balaban J connectivity index is 1.62. The molecule has 3 aromatic rings. The van der Waals surface area contributed by atoms with Crippen molar-refractivity contribution in [3.8, 4) is 0 Å². The molecule has 0 aliphatic carbocycles. The molecule has 0 spiro atoms. The molecule has 4 rings (SSSR count). The Labute approximate surface area is 151 Å². The van der Waals surface area contributed by atoms with Gasteiger partial charge in [0, 0.05) is 34.4 Å². The first-order chi connectivity index (χ1) is 12.1. The van der Waals surface area contributed by atoms with Gasteiger partial charge in [0.1, 0.15) is 0 Å². The van der Waals surface area contributed by atoms with E-state index in [2.05, 4.69) is 37.0 Å². The number of nitrogens with zero attached hydrogens (tertiary/aromatic N) is 4. The Kier molecular flexibility index (Phi) is 4.29. The molecular formula is C19H22N4OS. The lowest BCUT2D eigenvalue weighted by Gasteiger charge is -2.35. The van der Waals surface area contributed by atoms with Crippen LogP contribution in [0.3, 0.4) is 0 Å². The third-order valence-corrected chi connectivity index (χ3v) is 5.87. The van der Waals surface area contributed by atoms with E-state index in [4.69, 9.17) is 4.98 Å². The number of imidazole rings is 1. The quantitative estimate of drug-likeness (QED) is 0.720. The summed E-state index contributed by atoms with van der Waals surface area (Å²) in [7, 11) is 0. The van der Waals surface area contributed by atoms with E-state index < -0.39 is 0 Å².